The van der Waals surface area contributed by atoms with Crippen LogP contribution in [0.1, 0.15) is 52.4 Å². The van der Waals surface area contributed by atoms with Crippen molar-refractivity contribution in [2.75, 3.05) is 26.7 Å². The average Bonchev–Trinajstić information content (AvgIpc) is 2.32. The molecule has 96 valence electrons. The third-order valence-corrected chi connectivity index (χ3v) is 4.02. The van der Waals surface area contributed by atoms with Gasteiger partial charge >= 0.3 is 0 Å². The molecule has 1 N–H and O–H groups in total. The Kier molecular flexibility index (Phi) is 7.06. The lowest BCUT2D eigenvalue weighted by atomic mass is 9.94. The molecule has 0 aromatic heterocycles. The summed E-state index contributed by atoms with van der Waals surface area (Å²) in [5.41, 5.74) is 0. The molecule has 16 heavy (non-hydrogen) atoms. The Labute approximate surface area is 102 Å². The minimum atomic E-state index is 0.857. The Bertz CT molecular complexity index is 162. The van der Waals surface area contributed by atoms with Crippen LogP contribution in [0, 0.1) is 5.92 Å². The summed E-state index contributed by atoms with van der Waals surface area (Å²) in [6.07, 6.45) is 8.26. The molecule has 0 aromatic carbocycles. The third kappa shape index (κ3) is 4.42. The van der Waals surface area contributed by atoms with Gasteiger partial charge in [0.15, 0.2) is 0 Å². The van der Waals surface area contributed by atoms with Crippen molar-refractivity contribution >= 4 is 0 Å². The minimum absolute atomic E-state index is 0.857. The maximum atomic E-state index is 3.31. The van der Waals surface area contributed by atoms with Crippen LogP contribution in [0.4, 0.5) is 0 Å². The van der Waals surface area contributed by atoms with E-state index < -0.39 is 0 Å². The standard InChI is InChI=1S/C14H30N2/c1-4-6-7-14(5-2)16-10-8-13(9-11-16)12-15-3/h13-15H,4-12H2,1-3H3. The van der Waals surface area contributed by atoms with Gasteiger partial charge in [0.1, 0.15) is 0 Å². The zero-order valence-electron chi connectivity index (χ0n) is 11.5. The molecule has 2 heteroatoms. The lowest BCUT2D eigenvalue weighted by Crippen LogP contribution is -2.42. The number of likely N-dealkylation sites (tertiary alicyclic amines) is 1. The molecule has 1 aliphatic heterocycles. The van der Waals surface area contributed by atoms with Gasteiger partial charge in [-0.25, -0.2) is 0 Å². The van der Waals surface area contributed by atoms with Crippen LogP contribution in [0.15, 0.2) is 0 Å². The summed E-state index contributed by atoms with van der Waals surface area (Å²) in [6, 6.07) is 0.857. The lowest BCUT2D eigenvalue weighted by Gasteiger charge is -2.37. The maximum Gasteiger partial charge on any atom is 0.00926 e. The van der Waals surface area contributed by atoms with Crippen molar-refractivity contribution in [1.82, 2.24) is 10.2 Å². The van der Waals surface area contributed by atoms with Gasteiger partial charge in [0.2, 0.25) is 0 Å². The van der Waals surface area contributed by atoms with Gasteiger partial charge in [0.25, 0.3) is 0 Å². The Morgan fingerprint density at radius 3 is 2.44 bits per heavy atom. The van der Waals surface area contributed by atoms with Crippen LogP contribution in [0.5, 0.6) is 0 Å². The van der Waals surface area contributed by atoms with E-state index in [9.17, 15) is 0 Å². The second-order valence-electron chi connectivity index (χ2n) is 5.24. The Morgan fingerprint density at radius 2 is 1.94 bits per heavy atom. The van der Waals surface area contributed by atoms with Crippen molar-refractivity contribution in [3.8, 4) is 0 Å². The molecule has 0 amide bonds. The van der Waals surface area contributed by atoms with E-state index in [1.165, 1.54) is 58.2 Å². The van der Waals surface area contributed by atoms with Gasteiger partial charge < -0.3 is 10.2 Å². The lowest BCUT2D eigenvalue weighted by molar-refractivity contribution is 0.121. The van der Waals surface area contributed by atoms with E-state index in [-0.39, 0.29) is 0 Å². The molecule has 0 aromatic rings. The molecular formula is C14H30N2. The molecule has 1 aliphatic rings. The smallest absolute Gasteiger partial charge is 0.00926 e. The number of unbranched alkanes of at least 4 members (excludes halogenated alkanes) is 1. The molecule has 0 radical (unpaired) electrons. The second kappa shape index (κ2) is 8.08. The van der Waals surface area contributed by atoms with Gasteiger partial charge in [0, 0.05) is 6.04 Å². The Balaban J connectivity index is 2.27. The highest BCUT2D eigenvalue weighted by Gasteiger charge is 2.23. The van der Waals surface area contributed by atoms with Crippen LogP contribution in [-0.2, 0) is 0 Å². The molecular weight excluding hydrogens is 196 g/mol. The van der Waals surface area contributed by atoms with Gasteiger partial charge in [-0.2, -0.15) is 0 Å². The number of piperidine rings is 1. The highest BCUT2D eigenvalue weighted by Crippen LogP contribution is 2.21. The summed E-state index contributed by atoms with van der Waals surface area (Å²) in [6.45, 7) is 8.51. The highest BCUT2D eigenvalue weighted by molar-refractivity contribution is 4.78. The SMILES string of the molecule is CCCCC(CC)N1CCC(CNC)CC1. The second-order valence-corrected chi connectivity index (χ2v) is 5.24. The number of nitrogens with zero attached hydrogens (tertiary/aromatic N) is 1. The third-order valence-electron chi connectivity index (χ3n) is 4.02. The van der Waals surface area contributed by atoms with Crippen molar-refractivity contribution in [2.24, 2.45) is 5.92 Å². The molecule has 0 spiro atoms. The Morgan fingerprint density at radius 1 is 1.25 bits per heavy atom. The monoisotopic (exact) mass is 226 g/mol. The van der Waals surface area contributed by atoms with Crippen LogP contribution in [-0.4, -0.2) is 37.6 Å². The summed E-state index contributed by atoms with van der Waals surface area (Å²) in [7, 11) is 2.07. The summed E-state index contributed by atoms with van der Waals surface area (Å²) < 4.78 is 0. The average molecular weight is 226 g/mol. The van der Waals surface area contributed by atoms with Gasteiger partial charge in [-0.15, -0.1) is 0 Å². The topological polar surface area (TPSA) is 15.3 Å². The fourth-order valence-electron chi connectivity index (χ4n) is 2.90. The molecule has 0 saturated carbocycles. The van der Waals surface area contributed by atoms with Gasteiger partial charge in [0.05, 0.1) is 0 Å². The summed E-state index contributed by atoms with van der Waals surface area (Å²) in [5.74, 6) is 0.921. The number of hydrogen-bond acceptors (Lipinski definition) is 2. The molecule has 1 fully saturated rings. The molecule has 1 rings (SSSR count). The van der Waals surface area contributed by atoms with E-state index in [1.807, 2.05) is 0 Å². The predicted octanol–water partition coefficient (Wildman–Crippen LogP) is 2.89. The maximum absolute atomic E-state index is 3.31. The molecule has 1 heterocycles. The molecule has 2 nitrogen and oxygen atoms in total. The molecule has 1 unspecified atom stereocenters. The van der Waals surface area contributed by atoms with Crippen molar-refractivity contribution in [3.05, 3.63) is 0 Å². The zero-order valence-corrected chi connectivity index (χ0v) is 11.5. The van der Waals surface area contributed by atoms with Crippen LogP contribution in [0.2, 0.25) is 0 Å². The first-order valence-corrected chi connectivity index (χ1v) is 7.20. The Hall–Kier alpha value is -0.0800. The summed E-state index contributed by atoms with van der Waals surface area (Å²) >= 11 is 0. The van der Waals surface area contributed by atoms with E-state index in [2.05, 4.69) is 31.1 Å². The fraction of sp³-hybridized carbons (Fsp3) is 1.00. The van der Waals surface area contributed by atoms with E-state index in [1.54, 1.807) is 0 Å². The van der Waals surface area contributed by atoms with Crippen LogP contribution < -0.4 is 5.32 Å². The number of nitrogens with one attached hydrogen (secondary N) is 1. The largest absolute Gasteiger partial charge is 0.319 e. The van der Waals surface area contributed by atoms with Crippen molar-refractivity contribution in [3.63, 3.8) is 0 Å². The normalized spacial score (nSPS) is 21.2. The van der Waals surface area contributed by atoms with Crippen molar-refractivity contribution in [1.29, 1.82) is 0 Å². The van der Waals surface area contributed by atoms with Crippen LogP contribution >= 0.6 is 0 Å². The van der Waals surface area contributed by atoms with Crippen LogP contribution in [0.25, 0.3) is 0 Å². The van der Waals surface area contributed by atoms with E-state index >= 15 is 0 Å². The minimum Gasteiger partial charge on any atom is -0.319 e. The van der Waals surface area contributed by atoms with Gasteiger partial charge in [-0.05, 0) is 58.3 Å². The quantitative estimate of drug-likeness (QED) is 0.718. The van der Waals surface area contributed by atoms with Crippen molar-refractivity contribution in [2.45, 2.75) is 58.4 Å². The highest BCUT2D eigenvalue weighted by atomic mass is 15.2. The number of hydrogen-bond donors (Lipinski definition) is 1. The van der Waals surface area contributed by atoms with E-state index in [0.717, 1.165) is 12.0 Å². The van der Waals surface area contributed by atoms with Gasteiger partial charge in [-0.3, -0.25) is 0 Å². The van der Waals surface area contributed by atoms with E-state index in [4.69, 9.17) is 0 Å². The molecule has 0 bridgehead atoms. The van der Waals surface area contributed by atoms with E-state index in [0.29, 0.717) is 0 Å². The fourth-order valence-corrected chi connectivity index (χ4v) is 2.90. The molecule has 1 atom stereocenters. The van der Waals surface area contributed by atoms with Crippen LogP contribution in [0.3, 0.4) is 0 Å². The first-order chi connectivity index (χ1) is 7.81. The predicted molar refractivity (Wildman–Crippen MR) is 71.8 cm³/mol. The molecule has 0 aliphatic carbocycles. The molecule has 1 saturated heterocycles. The first-order valence-electron chi connectivity index (χ1n) is 7.20. The summed E-state index contributed by atoms with van der Waals surface area (Å²) in [5, 5.41) is 3.31. The number of rotatable bonds is 7. The van der Waals surface area contributed by atoms with Gasteiger partial charge in [-0.1, -0.05) is 26.7 Å². The van der Waals surface area contributed by atoms with Crippen molar-refractivity contribution < 1.29 is 0 Å². The zero-order chi connectivity index (χ0) is 11.8. The summed E-state index contributed by atoms with van der Waals surface area (Å²) in [4.78, 5) is 2.74. The first kappa shape index (κ1) is 14.0.